The van der Waals surface area contributed by atoms with E-state index in [1.807, 2.05) is 0 Å². The molecule has 0 saturated heterocycles. The zero-order chi connectivity index (χ0) is 18.2. The van der Waals surface area contributed by atoms with E-state index in [9.17, 15) is 9.59 Å². The number of thiazole rings is 1. The second-order valence-electron chi connectivity index (χ2n) is 5.45. The Morgan fingerprint density at radius 2 is 2.04 bits per heavy atom. The third kappa shape index (κ3) is 5.99. The van der Waals surface area contributed by atoms with Crippen LogP contribution < -0.4 is 5.32 Å². The monoisotopic (exact) mass is 399 g/mol. The first kappa shape index (κ1) is 19.7. The van der Waals surface area contributed by atoms with E-state index in [4.69, 9.17) is 23.2 Å². The molecule has 8 heteroatoms. The predicted molar refractivity (Wildman–Crippen MR) is 103 cm³/mol. The highest BCUT2D eigenvalue weighted by molar-refractivity contribution is 7.13. The van der Waals surface area contributed by atoms with Gasteiger partial charge in [0.2, 0.25) is 5.91 Å². The molecule has 0 spiro atoms. The van der Waals surface area contributed by atoms with Crippen molar-refractivity contribution in [3.8, 4) is 0 Å². The van der Waals surface area contributed by atoms with Crippen molar-refractivity contribution in [2.45, 2.75) is 26.2 Å². The van der Waals surface area contributed by atoms with Crippen molar-refractivity contribution >= 4 is 51.5 Å². The van der Waals surface area contributed by atoms with Crippen LogP contribution in [0.15, 0.2) is 29.8 Å². The lowest BCUT2D eigenvalue weighted by Crippen LogP contribution is -2.38. The van der Waals surface area contributed by atoms with Crippen LogP contribution in [-0.4, -0.2) is 34.8 Å². The van der Waals surface area contributed by atoms with Crippen molar-refractivity contribution in [2.75, 3.05) is 18.4 Å². The molecule has 2 rings (SSSR count). The Balaban J connectivity index is 2.08. The highest BCUT2D eigenvalue weighted by Crippen LogP contribution is 2.23. The van der Waals surface area contributed by atoms with Crippen LogP contribution in [0.5, 0.6) is 0 Å². The quantitative estimate of drug-likeness (QED) is 0.652. The maximum absolute atomic E-state index is 12.8. The Kier molecular flexibility index (Phi) is 7.68. The molecule has 0 aliphatic rings. The first-order chi connectivity index (χ1) is 12.0. The van der Waals surface area contributed by atoms with Crippen molar-refractivity contribution in [2.24, 2.45) is 0 Å². The SMILES string of the molecule is CCCCCN(CC(=O)Nc1nccs1)C(=O)c1ccc(Cl)c(Cl)c1. The summed E-state index contributed by atoms with van der Waals surface area (Å²) in [5.74, 6) is -0.524. The fourth-order valence-electron chi connectivity index (χ4n) is 2.23. The lowest BCUT2D eigenvalue weighted by molar-refractivity contribution is -0.116. The van der Waals surface area contributed by atoms with E-state index >= 15 is 0 Å². The summed E-state index contributed by atoms with van der Waals surface area (Å²) in [5.41, 5.74) is 0.410. The average Bonchev–Trinajstić information content (AvgIpc) is 3.09. The van der Waals surface area contributed by atoms with E-state index < -0.39 is 0 Å². The van der Waals surface area contributed by atoms with Crippen molar-refractivity contribution in [1.29, 1.82) is 0 Å². The van der Waals surface area contributed by atoms with Crippen LogP contribution in [0.25, 0.3) is 0 Å². The van der Waals surface area contributed by atoms with Crippen LogP contribution in [0, 0.1) is 0 Å². The third-order valence-corrected chi connectivity index (χ3v) is 4.93. The van der Waals surface area contributed by atoms with Crippen molar-refractivity contribution in [3.63, 3.8) is 0 Å². The molecule has 1 N–H and O–H groups in total. The molecule has 0 atom stereocenters. The van der Waals surface area contributed by atoms with E-state index in [0.717, 1.165) is 19.3 Å². The molecule has 0 fully saturated rings. The van der Waals surface area contributed by atoms with Gasteiger partial charge in [-0.15, -0.1) is 11.3 Å². The third-order valence-electron chi connectivity index (χ3n) is 3.50. The zero-order valence-electron chi connectivity index (χ0n) is 13.8. The van der Waals surface area contributed by atoms with Crippen LogP contribution in [0.2, 0.25) is 10.0 Å². The smallest absolute Gasteiger partial charge is 0.254 e. The molecule has 2 aromatic rings. The molecule has 1 heterocycles. The fraction of sp³-hybridized carbons (Fsp3) is 0.353. The van der Waals surface area contributed by atoms with E-state index in [1.165, 1.54) is 22.3 Å². The molecular weight excluding hydrogens is 381 g/mol. The number of benzene rings is 1. The second kappa shape index (κ2) is 9.75. The number of nitrogens with zero attached hydrogens (tertiary/aromatic N) is 2. The van der Waals surface area contributed by atoms with Gasteiger partial charge in [0.1, 0.15) is 6.54 Å². The largest absolute Gasteiger partial charge is 0.329 e. The van der Waals surface area contributed by atoms with E-state index in [-0.39, 0.29) is 18.4 Å². The maximum atomic E-state index is 12.8. The molecule has 0 unspecified atom stereocenters. The number of aromatic nitrogens is 1. The lowest BCUT2D eigenvalue weighted by Gasteiger charge is -2.22. The minimum absolute atomic E-state index is 0.0393. The number of carbonyl (C=O) groups excluding carboxylic acids is 2. The number of unbranched alkanes of at least 4 members (excludes halogenated alkanes) is 2. The Labute approximate surface area is 161 Å². The summed E-state index contributed by atoms with van der Waals surface area (Å²) in [6.45, 7) is 2.54. The molecule has 134 valence electrons. The van der Waals surface area contributed by atoms with Gasteiger partial charge >= 0.3 is 0 Å². The van der Waals surface area contributed by atoms with Gasteiger partial charge in [0, 0.05) is 23.7 Å². The maximum Gasteiger partial charge on any atom is 0.254 e. The molecular formula is C17H19Cl2N3O2S. The molecule has 0 radical (unpaired) electrons. The molecule has 0 aliphatic heterocycles. The van der Waals surface area contributed by atoms with Gasteiger partial charge in [-0.25, -0.2) is 4.98 Å². The number of nitrogens with one attached hydrogen (secondary N) is 1. The molecule has 0 bridgehead atoms. The van der Waals surface area contributed by atoms with Crippen LogP contribution >= 0.6 is 34.5 Å². The molecule has 1 aromatic carbocycles. The van der Waals surface area contributed by atoms with Crippen LogP contribution in [0.4, 0.5) is 5.13 Å². The normalized spacial score (nSPS) is 10.5. The molecule has 5 nitrogen and oxygen atoms in total. The minimum atomic E-state index is -0.278. The van der Waals surface area contributed by atoms with Gasteiger partial charge in [-0.3, -0.25) is 9.59 Å². The summed E-state index contributed by atoms with van der Waals surface area (Å²) in [5, 5.41) is 5.68. The first-order valence-electron chi connectivity index (χ1n) is 7.95. The molecule has 0 saturated carbocycles. The van der Waals surface area contributed by atoms with Crippen molar-refractivity contribution < 1.29 is 9.59 Å². The first-order valence-corrected chi connectivity index (χ1v) is 9.58. The Bertz CT molecular complexity index is 723. The zero-order valence-corrected chi connectivity index (χ0v) is 16.1. The summed E-state index contributed by atoms with van der Waals surface area (Å²) in [4.78, 5) is 30.5. The summed E-state index contributed by atoms with van der Waals surface area (Å²) in [6, 6.07) is 4.72. The van der Waals surface area contributed by atoms with Gasteiger partial charge in [-0.2, -0.15) is 0 Å². The van der Waals surface area contributed by atoms with Crippen LogP contribution in [0.1, 0.15) is 36.5 Å². The van der Waals surface area contributed by atoms with E-state index in [2.05, 4.69) is 17.2 Å². The van der Waals surface area contributed by atoms with E-state index in [1.54, 1.807) is 23.7 Å². The average molecular weight is 400 g/mol. The molecule has 2 amide bonds. The van der Waals surface area contributed by atoms with E-state index in [0.29, 0.717) is 27.3 Å². The van der Waals surface area contributed by atoms with Gasteiger partial charge in [0.15, 0.2) is 5.13 Å². The van der Waals surface area contributed by atoms with Gasteiger partial charge in [-0.1, -0.05) is 43.0 Å². The fourth-order valence-corrected chi connectivity index (χ4v) is 3.08. The number of amides is 2. The topological polar surface area (TPSA) is 62.3 Å². The number of anilines is 1. The molecule has 1 aromatic heterocycles. The minimum Gasteiger partial charge on any atom is -0.329 e. The predicted octanol–water partition coefficient (Wildman–Crippen LogP) is 4.72. The van der Waals surface area contributed by atoms with Crippen LogP contribution in [-0.2, 0) is 4.79 Å². The number of rotatable bonds is 8. The number of hydrogen-bond donors (Lipinski definition) is 1. The Hall–Kier alpha value is -1.63. The molecule has 0 aliphatic carbocycles. The summed E-state index contributed by atoms with van der Waals surface area (Å²) in [7, 11) is 0. The van der Waals surface area contributed by atoms with Crippen molar-refractivity contribution in [3.05, 3.63) is 45.4 Å². The highest BCUT2D eigenvalue weighted by Gasteiger charge is 2.20. The summed E-state index contributed by atoms with van der Waals surface area (Å²) < 4.78 is 0. The number of carbonyl (C=O) groups is 2. The summed E-state index contributed by atoms with van der Waals surface area (Å²) >= 11 is 13.2. The Morgan fingerprint density at radius 3 is 2.68 bits per heavy atom. The van der Waals surface area contributed by atoms with Crippen LogP contribution in [0.3, 0.4) is 0 Å². The van der Waals surface area contributed by atoms with Gasteiger partial charge < -0.3 is 10.2 Å². The van der Waals surface area contributed by atoms with Gasteiger partial charge in [0.05, 0.1) is 10.0 Å². The molecule has 25 heavy (non-hydrogen) atoms. The second-order valence-corrected chi connectivity index (χ2v) is 7.16. The highest BCUT2D eigenvalue weighted by atomic mass is 35.5. The van der Waals surface area contributed by atoms with Gasteiger partial charge in [0.25, 0.3) is 5.91 Å². The van der Waals surface area contributed by atoms with Gasteiger partial charge in [-0.05, 0) is 24.6 Å². The number of hydrogen-bond acceptors (Lipinski definition) is 4. The standard InChI is InChI=1S/C17H19Cl2N3O2S/c1-2-3-4-8-22(11-15(23)21-17-20-7-9-25-17)16(24)12-5-6-13(18)14(19)10-12/h5-7,9-10H,2-4,8,11H2,1H3,(H,20,21,23). The van der Waals surface area contributed by atoms with Crippen molar-refractivity contribution in [1.82, 2.24) is 9.88 Å². The summed E-state index contributed by atoms with van der Waals surface area (Å²) in [6.07, 6.45) is 4.45. The Morgan fingerprint density at radius 1 is 1.24 bits per heavy atom. The lowest BCUT2D eigenvalue weighted by atomic mass is 10.1. The number of halogens is 2.